The first-order valence-electron chi connectivity index (χ1n) is 9.78. The summed E-state index contributed by atoms with van der Waals surface area (Å²) in [6.45, 7) is 4.21. The van der Waals surface area contributed by atoms with Gasteiger partial charge in [0.15, 0.2) is 0 Å². The number of fused-ring (bicyclic) bond motifs is 1. The van der Waals surface area contributed by atoms with E-state index in [1.165, 1.54) is 49.7 Å². The Balaban J connectivity index is 1.35. The molecule has 4 saturated carbocycles. The SMILES string of the molecule is Cc1cc2occ(CC(=O)NC34CC5CC(CC(C5)C3)C4)c2cc1C. The van der Waals surface area contributed by atoms with E-state index < -0.39 is 0 Å². The van der Waals surface area contributed by atoms with Gasteiger partial charge in [-0.1, -0.05) is 0 Å². The maximum atomic E-state index is 12.8. The third-order valence-corrected chi connectivity index (χ3v) is 7.06. The standard InChI is InChI=1S/C22H27NO2/c1-13-3-19-18(12-25-20(19)4-14(13)2)8-21(24)23-22-9-15-5-16(10-22)7-17(6-15)11-22/h3-4,12,15-17H,5-11H2,1-2H3,(H,23,24). The quantitative estimate of drug-likeness (QED) is 0.884. The molecule has 25 heavy (non-hydrogen) atoms. The number of rotatable bonds is 3. The molecule has 1 amide bonds. The molecule has 1 N–H and O–H groups in total. The first kappa shape index (κ1) is 15.5. The van der Waals surface area contributed by atoms with Crippen LogP contribution in [0.5, 0.6) is 0 Å². The second-order valence-electron chi connectivity index (χ2n) is 9.12. The third-order valence-electron chi connectivity index (χ3n) is 7.06. The van der Waals surface area contributed by atoms with Crippen LogP contribution in [0, 0.1) is 31.6 Å². The minimum atomic E-state index is 0.0951. The molecular weight excluding hydrogens is 310 g/mol. The van der Waals surface area contributed by atoms with Crippen LogP contribution in [0.15, 0.2) is 22.8 Å². The van der Waals surface area contributed by atoms with Crippen LogP contribution in [0.2, 0.25) is 0 Å². The summed E-state index contributed by atoms with van der Waals surface area (Å²) >= 11 is 0. The lowest BCUT2D eigenvalue weighted by atomic mass is 9.53. The first-order chi connectivity index (χ1) is 12.0. The summed E-state index contributed by atoms with van der Waals surface area (Å²) in [6, 6.07) is 4.23. The van der Waals surface area contributed by atoms with Crippen LogP contribution in [0.3, 0.4) is 0 Å². The van der Waals surface area contributed by atoms with E-state index in [1.54, 1.807) is 6.26 Å². The topological polar surface area (TPSA) is 42.2 Å². The highest BCUT2D eigenvalue weighted by Crippen LogP contribution is 2.55. The van der Waals surface area contributed by atoms with Crippen molar-refractivity contribution in [2.24, 2.45) is 17.8 Å². The fourth-order valence-electron chi connectivity index (χ4n) is 6.25. The summed E-state index contributed by atoms with van der Waals surface area (Å²) < 4.78 is 5.70. The van der Waals surface area contributed by atoms with E-state index >= 15 is 0 Å². The molecule has 0 unspecified atom stereocenters. The lowest BCUT2D eigenvalue weighted by Crippen LogP contribution is -2.60. The van der Waals surface area contributed by atoms with Crippen LogP contribution >= 0.6 is 0 Å². The summed E-state index contributed by atoms with van der Waals surface area (Å²) in [5.74, 6) is 2.73. The number of hydrogen-bond donors (Lipinski definition) is 1. The minimum Gasteiger partial charge on any atom is -0.464 e. The van der Waals surface area contributed by atoms with E-state index in [0.29, 0.717) is 6.42 Å². The molecule has 4 bridgehead atoms. The molecule has 4 fully saturated rings. The maximum Gasteiger partial charge on any atom is 0.224 e. The van der Waals surface area contributed by atoms with Gasteiger partial charge in [0.2, 0.25) is 5.91 Å². The average molecular weight is 337 g/mol. The number of carbonyl (C=O) groups is 1. The number of benzene rings is 1. The van der Waals surface area contributed by atoms with Crippen LogP contribution in [0.4, 0.5) is 0 Å². The van der Waals surface area contributed by atoms with Crippen LogP contribution in [0.1, 0.15) is 55.2 Å². The highest BCUT2D eigenvalue weighted by molar-refractivity contribution is 5.88. The molecule has 0 spiro atoms. The molecule has 3 nitrogen and oxygen atoms in total. The van der Waals surface area contributed by atoms with Gasteiger partial charge < -0.3 is 9.73 Å². The van der Waals surface area contributed by atoms with Crippen LogP contribution in [-0.4, -0.2) is 11.4 Å². The fraction of sp³-hybridized carbons (Fsp3) is 0.591. The van der Waals surface area contributed by atoms with Crippen LogP contribution < -0.4 is 5.32 Å². The Labute approximate surface area is 149 Å². The van der Waals surface area contributed by atoms with Crippen molar-refractivity contribution >= 4 is 16.9 Å². The molecule has 1 aromatic carbocycles. The van der Waals surface area contributed by atoms with E-state index in [0.717, 1.165) is 34.3 Å². The van der Waals surface area contributed by atoms with Gasteiger partial charge in [0.25, 0.3) is 0 Å². The zero-order valence-electron chi connectivity index (χ0n) is 15.2. The third kappa shape index (κ3) is 2.59. The Morgan fingerprint density at radius 1 is 1.08 bits per heavy atom. The second-order valence-corrected chi connectivity index (χ2v) is 9.12. The smallest absolute Gasteiger partial charge is 0.224 e. The molecular formula is C22H27NO2. The minimum absolute atomic E-state index is 0.0951. The maximum absolute atomic E-state index is 12.8. The van der Waals surface area contributed by atoms with E-state index in [1.807, 2.05) is 0 Å². The van der Waals surface area contributed by atoms with Gasteiger partial charge >= 0.3 is 0 Å². The Bertz CT molecular complexity index is 812. The Morgan fingerprint density at radius 3 is 2.32 bits per heavy atom. The number of amides is 1. The number of carbonyl (C=O) groups excluding carboxylic acids is 1. The van der Waals surface area contributed by atoms with Crippen molar-refractivity contribution in [3.8, 4) is 0 Å². The van der Waals surface area contributed by atoms with Crippen molar-refractivity contribution in [1.29, 1.82) is 0 Å². The number of furan rings is 1. The number of aryl methyl sites for hydroxylation is 2. The Morgan fingerprint density at radius 2 is 1.68 bits per heavy atom. The lowest BCUT2D eigenvalue weighted by molar-refractivity contribution is -0.126. The Hall–Kier alpha value is -1.77. The summed E-state index contributed by atoms with van der Waals surface area (Å²) in [5.41, 5.74) is 4.47. The molecule has 0 saturated heterocycles. The van der Waals surface area contributed by atoms with Gasteiger partial charge in [-0.3, -0.25) is 4.79 Å². The normalized spacial score (nSPS) is 33.1. The molecule has 2 aromatic rings. The number of nitrogens with one attached hydrogen (secondary N) is 1. The van der Waals surface area contributed by atoms with Gasteiger partial charge in [0.05, 0.1) is 12.7 Å². The Kier molecular flexibility index (Phi) is 3.32. The molecule has 1 aromatic heterocycles. The summed E-state index contributed by atoms with van der Waals surface area (Å²) in [6.07, 6.45) is 10.0. The monoisotopic (exact) mass is 337 g/mol. The highest BCUT2D eigenvalue weighted by atomic mass is 16.3. The van der Waals surface area contributed by atoms with Gasteiger partial charge in [0.1, 0.15) is 5.58 Å². The molecule has 0 atom stereocenters. The molecule has 132 valence electrons. The molecule has 4 aliphatic rings. The molecule has 1 heterocycles. The molecule has 3 heteroatoms. The van der Waals surface area contributed by atoms with E-state index in [2.05, 4.69) is 31.3 Å². The van der Waals surface area contributed by atoms with Crippen molar-refractivity contribution < 1.29 is 9.21 Å². The second kappa shape index (κ2) is 5.36. The molecule has 0 radical (unpaired) electrons. The summed E-state index contributed by atoms with van der Waals surface area (Å²) in [5, 5.41) is 4.56. The van der Waals surface area contributed by atoms with E-state index in [4.69, 9.17) is 4.42 Å². The largest absolute Gasteiger partial charge is 0.464 e. The summed E-state index contributed by atoms with van der Waals surface area (Å²) in [7, 11) is 0. The highest BCUT2D eigenvalue weighted by Gasteiger charge is 2.51. The van der Waals surface area contributed by atoms with Crippen molar-refractivity contribution in [2.75, 3.05) is 0 Å². The zero-order chi connectivity index (χ0) is 17.2. The molecule has 6 rings (SSSR count). The van der Waals surface area contributed by atoms with Gasteiger partial charge in [0, 0.05) is 16.5 Å². The first-order valence-corrected chi connectivity index (χ1v) is 9.78. The van der Waals surface area contributed by atoms with E-state index in [9.17, 15) is 4.79 Å². The van der Waals surface area contributed by atoms with Crippen LogP contribution in [0.25, 0.3) is 11.0 Å². The van der Waals surface area contributed by atoms with E-state index in [-0.39, 0.29) is 11.4 Å². The predicted molar refractivity (Wildman–Crippen MR) is 98.4 cm³/mol. The molecule has 4 aliphatic carbocycles. The van der Waals surface area contributed by atoms with Gasteiger partial charge in [-0.25, -0.2) is 0 Å². The lowest BCUT2D eigenvalue weighted by Gasteiger charge is -2.56. The predicted octanol–water partition coefficient (Wildman–Crippen LogP) is 4.68. The van der Waals surface area contributed by atoms with Crippen molar-refractivity contribution in [3.05, 3.63) is 35.1 Å². The zero-order valence-corrected chi connectivity index (χ0v) is 15.2. The van der Waals surface area contributed by atoms with Crippen molar-refractivity contribution in [1.82, 2.24) is 5.32 Å². The number of hydrogen-bond acceptors (Lipinski definition) is 2. The molecule has 0 aliphatic heterocycles. The van der Waals surface area contributed by atoms with Gasteiger partial charge in [-0.15, -0.1) is 0 Å². The van der Waals surface area contributed by atoms with Crippen LogP contribution in [-0.2, 0) is 11.2 Å². The van der Waals surface area contributed by atoms with Crippen molar-refractivity contribution in [2.45, 2.75) is 64.3 Å². The van der Waals surface area contributed by atoms with Gasteiger partial charge in [-0.2, -0.15) is 0 Å². The van der Waals surface area contributed by atoms with Crippen molar-refractivity contribution in [3.63, 3.8) is 0 Å². The fourth-order valence-corrected chi connectivity index (χ4v) is 6.25. The van der Waals surface area contributed by atoms with Gasteiger partial charge in [-0.05, 0) is 93.4 Å². The summed E-state index contributed by atoms with van der Waals surface area (Å²) in [4.78, 5) is 12.8. The average Bonchev–Trinajstić information content (AvgIpc) is 2.87.